The van der Waals surface area contributed by atoms with Crippen LogP contribution in [0.1, 0.15) is 13.3 Å². The van der Waals surface area contributed by atoms with Gasteiger partial charge >= 0.3 is 0 Å². The molecule has 6 nitrogen and oxygen atoms in total. The Balaban J connectivity index is 2.71. The van der Waals surface area contributed by atoms with Crippen molar-refractivity contribution in [2.24, 2.45) is 0 Å². The minimum absolute atomic E-state index is 0.0224. The molecule has 0 saturated heterocycles. The fraction of sp³-hybridized carbons (Fsp3) is 0.556. The Bertz CT molecular complexity index is 280. The average molecular weight is 212 g/mol. The summed E-state index contributed by atoms with van der Waals surface area (Å²) in [4.78, 5) is 7.87. The van der Waals surface area contributed by atoms with Crippen LogP contribution < -0.4 is 15.8 Å². The molecule has 0 unspecified atom stereocenters. The summed E-state index contributed by atoms with van der Waals surface area (Å²) in [7, 11) is 0. The maximum absolute atomic E-state index is 8.65. The van der Waals surface area contributed by atoms with Crippen molar-refractivity contribution in [3.8, 4) is 5.88 Å². The van der Waals surface area contributed by atoms with Gasteiger partial charge in [0.15, 0.2) is 5.82 Å². The molecule has 84 valence electrons. The van der Waals surface area contributed by atoms with Crippen molar-refractivity contribution >= 4 is 11.5 Å². The van der Waals surface area contributed by atoms with Gasteiger partial charge < -0.3 is 20.9 Å². The second-order valence-corrected chi connectivity index (χ2v) is 2.94. The lowest BCUT2D eigenvalue weighted by Crippen LogP contribution is -2.11. The molecular formula is C9H16N4O2. The third-order valence-electron chi connectivity index (χ3n) is 1.69. The van der Waals surface area contributed by atoms with E-state index in [9.17, 15) is 0 Å². The van der Waals surface area contributed by atoms with Crippen LogP contribution in [0.4, 0.5) is 11.5 Å². The van der Waals surface area contributed by atoms with E-state index < -0.39 is 0 Å². The largest absolute Gasteiger partial charge is 0.476 e. The summed E-state index contributed by atoms with van der Waals surface area (Å²) in [5.74, 6) is 0.873. The number of hydrogen-bond donors (Lipinski definition) is 3. The summed E-state index contributed by atoms with van der Waals surface area (Å²) in [6.45, 7) is 2.99. The maximum Gasteiger partial charge on any atom is 0.242 e. The Morgan fingerprint density at radius 2 is 2.33 bits per heavy atom. The van der Waals surface area contributed by atoms with Crippen molar-refractivity contribution in [3.63, 3.8) is 0 Å². The van der Waals surface area contributed by atoms with E-state index in [1.807, 2.05) is 6.92 Å². The molecule has 4 N–H and O–H groups in total. The summed E-state index contributed by atoms with van der Waals surface area (Å²) < 4.78 is 5.33. The Hall–Kier alpha value is -1.56. The van der Waals surface area contributed by atoms with Gasteiger partial charge in [-0.25, -0.2) is 4.98 Å². The second-order valence-electron chi connectivity index (χ2n) is 2.94. The fourth-order valence-electron chi connectivity index (χ4n) is 1.01. The van der Waals surface area contributed by atoms with Gasteiger partial charge in [-0.05, 0) is 6.42 Å². The van der Waals surface area contributed by atoms with Crippen molar-refractivity contribution in [1.82, 2.24) is 9.97 Å². The molecule has 0 radical (unpaired) electrons. The monoisotopic (exact) mass is 212 g/mol. The molecule has 0 atom stereocenters. The van der Waals surface area contributed by atoms with Gasteiger partial charge in [-0.2, -0.15) is 4.98 Å². The summed E-state index contributed by atoms with van der Waals surface area (Å²) in [6.07, 6.45) is 2.27. The zero-order valence-corrected chi connectivity index (χ0v) is 8.73. The van der Waals surface area contributed by atoms with Gasteiger partial charge in [0, 0.05) is 6.54 Å². The quantitative estimate of drug-likeness (QED) is 0.626. The molecule has 0 aliphatic heterocycles. The van der Waals surface area contributed by atoms with E-state index in [4.69, 9.17) is 15.6 Å². The number of nitrogen functional groups attached to an aromatic ring is 1. The molecule has 0 fully saturated rings. The van der Waals surface area contributed by atoms with Crippen LogP contribution in [0.3, 0.4) is 0 Å². The van der Waals surface area contributed by atoms with Crippen LogP contribution in [0, 0.1) is 0 Å². The van der Waals surface area contributed by atoms with E-state index in [0.717, 1.165) is 6.42 Å². The number of rotatable bonds is 6. The van der Waals surface area contributed by atoms with Crippen LogP contribution in [0.5, 0.6) is 5.88 Å². The topological polar surface area (TPSA) is 93.3 Å². The number of nitrogens with zero attached hydrogens (tertiary/aromatic N) is 2. The molecule has 0 bridgehead atoms. The zero-order valence-electron chi connectivity index (χ0n) is 8.73. The first-order valence-electron chi connectivity index (χ1n) is 4.87. The molecule has 0 aromatic carbocycles. The Kier molecular flexibility index (Phi) is 4.62. The second kappa shape index (κ2) is 6.02. The van der Waals surface area contributed by atoms with Crippen molar-refractivity contribution in [2.45, 2.75) is 13.3 Å². The molecule has 1 rings (SSSR count). The lowest BCUT2D eigenvalue weighted by molar-refractivity contribution is 0.306. The van der Waals surface area contributed by atoms with E-state index in [1.165, 1.54) is 6.33 Å². The number of anilines is 2. The minimum Gasteiger partial charge on any atom is -0.476 e. The van der Waals surface area contributed by atoms with E-state index in [0.29, 0.717) is 30.5 Å². The van der Waals surface area contributed by atoms with Gasteiger partial charge in [-0.15, -0.1) is 0 Å². The molecule has 0 spiro atoms. The third-order valence-corrected chi connectivity index (χ3v) is 1.69. The average Bonchev–Trinajstić information content (AvgIpc) is 2.26. The number of nitrogens with two attached hydrogens (primary N) is 1. The summed E-state index contributed by atoms with van der Waals surface area (Å²) >= 11 is 0. The lowest BCUT2D eigenvalue weighted by Gasteiger charge is -2.10. The van der Waals surface area contributed by atoms with Crippen LogP contribution in [0.15, 0.2) is 6.33 Å². The number of aliphatic hydroxyl groups excluding tert-OH is 1. The number of aromatic nitrogens is 2. The molecule has 1 aromatic rings. The van der Waals surface area contributed by atoms with Crippen LogP contribution in [0.2, 0.25) is 0 Å². The normalized spacial score (nSPS) is 10.0. The highest BCUT2D eigenvalue weighted by molar-refractivity contribution is 5.66. The third kappa shape index (κ3) is 3.25. The molecule has 1 heterocycles. The Morgan fingerprint density at radius 3 is 3.00 bits per heavy atom. The molecule has 1 aromatic heterocycles. The first kappa shape index (κ1) is 11.5. The number of hydrogen-bond acceptors (Lipinski definition) is 6. The van der Waals surface area contributed by atoms with Crippen molar-refractivity contribution < 1.29 is 9.84 Å². The molecule has 15 heavy (non-hydrogen) atoms. The number of ether oxygens (including phenoxy) is 1. The van der Waals surface area contributed by atoms with Gasteiger partial charge in [-0.1, -0.05) is 6.92 Å². The summed E-state index contributed by atoms with van der Waals surface area (Å²) in [5.41, 5.74) is 6.15. The molecule has 0 aliphatic carbocycles. The molecule has 6 heteroatoms. The predicted octanol–water partition coefficient (Wildman–Crippen LogP) is 0.252. The van der Waals surface area contributed by atoms with Gasteiger partial charge in [0.05, 0.1) is 13.2 Å². The van der Waals surface area contributed by atoms with Crippen LogP contribution in [-0.2, 0) is 0 Å². The lowest BCUT2D eigenvalue weighted by atomic mass is 10.4. The highest BCUT2D eigenvalue weighted by Crippen LogP contribution is 2.24. The fourth-order valence-corrected chi connectivity index (χ4v) is 1.01. The van der Waals surface area contributed by atoms with Crippen LogP contribution in [-0.4, -0.2) is 34.8 Å². The van der Waals surface area contributed by atoms with Crippen molar-refractivity contribution in [3.05, 3.63) is 6.33 Å². The number of nitrogens with one attached hydrogen (secondary N) is 1. The van der Waals surface area contributed by atoms with Gasteiger partial charge in [-0.3, -0.25) is 0 Å². The smallest absolute Gasteiger partial charge is 0.242 e. The van der Waals surface area contributed by atoms with E-state index >= 15 is 0 Å². The Labute approximate surface area is 88.5 Å². The van der Waals surface area contributed by atoms with E-state index in [2.05, 4.69) is 15.3 Å². The van der Waals surface area contributed by atoms with E-state index in [-0.39, 0.29) is 6.61 Å². The molecule has 0 saturated carbocycles. The summed E-state index contributed by atoms with van der Waals surface area (Å²) in [5, 5.41) is 11.5. The van der Waals surface area contributed by atoms with Gasteiger partial charge in [0.1, 0.15) is 12.0 Å². The maximum atomic E-state index is 8.65. The predicted molar refractivity (Wildman–Crippen MR) is 57.8 cm³/mol. The molecular weight excluding hydrogens is 196 g/mol. The highest BCUT2D eigenvalue weighted by Gasteiger charge is 2.07. The van der Waals surface area contributed by atoms with Crippen LogP contribution >= 0.6 is 0 Å². The Morgan fingerprint density at radius 1 is 1.53 bits per heavy atom. The van der Waals surface area contributed by atoms with Crippen molar-refractivity contribution in [1.29, 1.82) is 0 Å². The van der Waals surface area contributed by atoms with E-state index in [1.54, 1.807) is 0 Å². The number of aliphatic hydroxyl groups is 1. The minimum atomic E-state index is 0.0224. The SMILES string of the molecule is CCCOc1ncnc(NCCO)c1N. The molecule has 0 aliphatic rings. The zero-order chi connectivity index (χ0) is 11.1. The van der Waals surface area contributed by atoms with Gasteiger partial charge in [0.2, 0.25) is 5.88 Å². The van der Waals surface area contributed by atoms with Gasteiger partial charge in [0.25, 0.3) is 0 Å². The summed E-state index contributed by atoms with van der Waals surface area (Å²) in [6, 6.07) is 0. The first-order valence-corrected chi connectivity index (χ1v) is 4.87. The standard InChI is InChI=1S/C9H16N4O2/c1-2-5-15-9-7(10)8(11-3-4-14)12-6-13-9/h6,14H,2-5,10H2,1H3,(H,11,12,13). The van der Waals surface area contributed by atoms with Crippen molar-refractivity contribution in [2.75, 3.05) is 30.8 Å². The molecule has 0 amide bonds. The highest BCUT2D eigenvalue weighted by atomic mass is 16.5. The van der Waals surface area contributed by atoms with Crippen LogP contribution in [0.25, 0.3) is 0 Å². The first-order chi connectivity index (χ1) is 7.29.